The van der Waals surface area contributed by atoms with Crippen molar-refractivity contribution in [3.63, 3.8) is 0 Å². The summed E-state index contributed by atoms with van der Waals surface area (Å²) in [7, 11) is -0.546. The number of aryl methyl sites for hydroxylation is 1. The Balaban J connectivity index is 2.77. The lowest BCUT2D eigenvalue weighted by Gasteiger charge is -2.16. The van der Waals surface area contributed by atoms with Gasteiger partial charge in [-0.25, -0.2) is 13.4 Å². The van der Waals surface area contributed by atoms with Crippen LogP contribution in [0.25, 0.3) is 0 Å². The van der Waals surface area contributed by atoms with Gasteiger partial charge >= 0.3 is 0 Å². The van der Waals surface area contributed by atoms with Gasteiger partial charge in [0.15, 0.2) is 0 Å². The summed E-state index contributed by atoms with van der Waals surface area (Å²) in [6.07, 6.45) is 1.44. The van der Waals surface area contributed by atoms with E-state index < -0.39 is 10.0 Å². The third kappa shape index (κ3) is 3.44. The van der Waals surface area contributed by atoms with E-state index in [-0.39, 0.29) is 22.8 Å². The van der Waals surface area contributed by atoms with E-state index in [2.05, 4.69) is 4.98 Å². The summed E-state index contributed by atoms with van der Waals surface area (Å²) in [5.41, 5.74) is 0. The highest BCUT2D eigenvalue weighted by molar-refractivity contribution is 7.89. The molecule has 1 heterocycles. The number of halogens is 1. The van der Waals surface area contributed by atoms with Crippen molar-refractivity contribution < 1.29 is 13.2 Å². The van der Waals surface area contributed by atoms with Crippen LogP contribution < -0.4 is 0 Å². The average molecular weight is 296 g/mol. The fourth-order valence-electron chi connectivity index (χ4n) is 1.25. The monoisotopic (exact) mass is 295 g/mol. The molecule has 0 saturated heterocycles. The Morgan fingerprint density at radius 2 is 2.17 bits per heavy atom. The van der Waals surface area contributed by atoms with E-state index >= 15 is 0 Å². The topological polar surface area (TPSA) is 64.4 Å². The van der Waals surface area contributed by atoms with Crippen LogP contribution in [0.1, 0.15) is 13.8 Å². The number of likely N-dealkylation sites (N-methyl/N-ethyl adjacent to an activating group) is 1. The van der Waals surface area contributed by atoms with Gasteiger partial charge in [0, 0.05) is 20.6 Å². The fourth-order valence-corrected chi connectivity index (χ4v) is 2.78. The largest absolute Gasteiger partial charge is 0.377 e. The van der Waals surface area contributed by atoms with Crippen LogP contribution in [0.3, 0.4) is 0 Å². The lowest BCUT2D eigenvalue weighted by molar-refractivity contribution is 0.0737. The van der Waals surface area contributed by atoms with Crippen LogP contribution in [0.5, 0.6) is 0 Å². The van der Waals surface area contributed by atoms with Gasteiger partial charge in [-0.15, -0.1) is 0 Å². The van der Waals surface area contributed by atoms with Crippen molar-refractivity contribution in [3.05, 3.63) is 11.5 Å². The maximum Gasteiger partial charge on any atom is 0.263 e. The molecular weight excluding hydrogens is 278 g/mol. The van der Waals surface area contributed by atoms with Crippen LogP contribution in [0.4, 0.5) is 0 Å². The predicted octanol–water partition coefficient (Wildman–Crippen LogP) is 1.12. The minimum Gasteiger partial charge on any atom is -0.377 e. The van der Waals surface area contributed by atoms with Crippen LogP contribution in [0.2, 0.25) is 5.15 Å². The zero-order chi connectivity index (χ0) is 13.9. The SMILES string of the molecule is CC(C)OCCN(C)S(=O)(=O)c1ncn(C)c1Cl. The fraction of sp³-hybridized carbons (Fsp3) is 0.700. The van der Waals surface area contributed by atoms with Crippen LogP contribution in [-0.2, 0) is 21.8 Å². The molecular formula is C10H18ClN3O3S. The number of ether oxygens (including phenoxy) is 1. The zero-order valence-corrected chi connectivity index (χ0v) is 12.5. The molecule has 0 spiro atoms. The minimum atomic E-state index is -3.66. The van der Waals surface area contributed by atoms with Crippen LogP contribution in [0.15, 0.2) is 11.4 Å². The van der Waals surface area contributed by atoms with Crippen molar-refractivity contribution in [2.45, 2.75) is 25.0 Å². The molecule has 0 unspecified atom stereocenters. The van der Waals surface area contributed by atoms with Crippen molar-refractivity contribution in [3.8, 4) is 0 Å². The summed E-state index contributed by atoms with van der Waals surface area (Å²) in [6, 6.07) is 0. The third-order valence-electron chi connectivity index (χ3n) is 2.35. The Labute approximate surface area is 113 Å². The molecule has 0 atom stereocenters. The molecule has 0 aliphatic carbocycles. The first kappa shape index (κ1) is 15.4. The van der Waals surface area contributed by atoms with Crippen LogP contribution in [-0.4, -0.2) is 48.6 Å². The molecule has 0 N–H and O–H groups in total. The summed E-state index contributed by atoms with van der Waals surface area (Å²) in [5.74, 6) is 0. The molecule has 6 nitrogen and oxygen atoms in total. The lowest BCUT2D eigenvalue weighted by atomic mass is 10.5. The molecule has 0 fully saturated rings. The Hall–Kier alpha value is -0.630. The highest BCUT2D eigenvalue weighted by Gasteiger charge is 2.26. The Morgan fingerprint density at radius 3 is 2.61 bits per heavy atom. The van der Waals surface area contributed by atoms with Crippen molar-refractivity contribution in [2.75, 3.05) is 20.2 Å². The van der Waals surface area contributed by atoms with Crippen molar-refractivity contribution in [1.29, 1.82) is 0 Å². The first-order valence-corrected chi connectivity index (χ1v) is 7.33. The highest BCUT2D eigenvalue weighted by atomic mass is 35.5. The third-order valence-corrected chi connectivity index (χ3v) is 4.69. The van der Waals surface area contributed by atoms with E-state index in [9.17, 15) is 8.42 Å². The maximum absolute atomic E-state index is 12.2. The first-order valence-electron chi connectivity index (χ1n) is 5.51. The second kappa shape index (κ2) is 6.01. The molecule has 1 aromatic rings. The normalized spacial score (nSPS) is 12.6. The van der Waals surface area contributed by atoms with Crippen molar-refractivity contribution in [1.82, 2.24) is 13.9 Å². The molecule has 0 aliphatic rings. The second-order valence-corrected chi connectivity index (χ2v) is 6.52. The van der Waals surface area contributed by atoms with E-state index in [0.717, 1.165) is 0 Å². The Kier molecular flexibility index (Phi) is 5.15. The second-order valence-electron chi connectivity index (χ2n) is 4.20. The molecule has 104 valence electrons. The number of hydrogen-bond acceptors (Lipinski definition) is 4. The van der Waals surface area contributed by atoms with Gasteiger partial charge in [-0.1, -0.05) is 11.6 Å². The van der Waals surface area contributed by atoms with Gasteiger partial charge in [0.25, 0.3) is 10.0 Å². The predicted molar refractivity (Wildman–Crippen MR) is 69.1 cm³/mol. The van der Waals surface area contributed by atoms with Gasteiger partial charge in [0.2, 0.25) is 5.03 Å². The van der Waals surface area contributed by atoms with Gasteiger partial charge in [-0.2, -0.15) is 4.31 Å². The molecule has 0 radical (unpaired) electrons. The summed E-state index contributed by atoms with van der Waals surface area (Å²) in [6.45, 7) is 4.37. The van der Waals surface area contributed by atoms with Crippen LogP contribution >= 0.6 is 11.6 Å². The molecule has 0 bridgehead atoms. The van der Waals surface area contributed by atoms with Gasteiger partial charge in [0.05, 0.1) is 19.0 Å². The van der Waals surface area contributed by atoms with E-state index in [1.165, 1.54) is 22.2 Å². The van der Waals surface area contributed by atoms with E-state index in [4.69, 9.17) is 16.3 Å². The van der Waals surface area contributed by atoms with Gasteiger partial charge in [-0.05, 0) is 13.8 Å². The standard InChI is InChI=1S/C10H18ClN3O3S/c1-8(2)17-6-5-14(4)18(15,16)10-9(11)13(3)7-12-10/h7-8H,5-6H2,1-4H3. The van der Waals surface area contributed by atoms with Crippen molar-refractivity contribution in [2.24, 2.45) is 7.05 Å². The lowest BCUT2D eigenvalue weighted by Crippen LogP contribution is -2.31. The van der Waals surface area contributed by atoms with Gasteiger partial charge in [-0.3, -0.25) is 0 Å². The molecule has 0 saturated carbocycles. The zero-order valence-electron chi connectivity index (χ0n) is 10.9. The molecule has 0 amide bonds. The molecule has 0 aromatic carbocycles. The summed E-state index contributed by atoms with van der Waals surface area (Å²) in [5, 5.41) is -0.0228. The molecule has 1 rings (SSSR count). The quantitative estimate of drug-likeness (QED) is 0.789. The Bertz CT molecular complexity index is 498. The number of rotatable bonds is 6. The number of sulfonamides is 1. The molecule has 0 aliphatic heterocycles. The number of hydrogen-bond donors (Lipinski definition) is 0. The minimum absolute atomic E-state index is 0.0690. The maximum atomic E-state index is 12.2. The number of nitrogens with zero attached hydrogens (tertiary/aromatic N) is 3. The molecule has 8 heteroatoms. The van der Waals surface area contributed by atoms with Crippen molar-refractivity contribution >= 4 is 21.6 Å². The molecule has 1 aromatic heterocycles. The average Bonchev–Trinajstić information content (AvgIpc) is 2.59. The molecule has 18 heavy (non-hydrogen) atoms. The highest BCUT2D eigenvalue weighted by Crippen LogP contribution is 2.21. The summed E-state index contributed by atoms with van der Waals surface area (Å²) in [4.78, 5) is 3.81. The summed E-state index contributed by atoms with van der Waals surface area (Å²) < 4.78 is 32.3. The smallest absolute Gasteiger partial charge is 0.263 e. The Morgan fingerprint density at radius 1 is 1.56 bits per heavy atom. The van der Waals surface area contributed by atoms with Crippen LogP contribution in [0, 0.1) is 0 Å². The number of aromatic nitrogens is 2. The summed E-state index contributed by atoms with van der Waals surface area (Å²) >= 11 is 5.89. The first-order chi connectivity index (χ1) is 8.26. The van der Waals surface area contributed by atoms with Gasteiger partial charge < -0.3 is 9.30 Å². The van der Waals surface area contributed by atoms with E-state index in [1.54, 1.807) is 7.05 Å². The number of imidazole rings is 1. The van der Waals surface area contributed by atoms with E-state index in [1.807, 2.05) is 13.8 Å². The van der Waals surface area contributed by atoms with E-state index in [0.29, 0.717) is 6.61 Å². The van der Waals surface area contributed by atoms with Gasteiger partial charge in [0.1, 0.15) is 5.15 Å².